The molecule has 10 heteroatoms. The number of rotatable bonds is 6. The number of benzene rings is 3. The van der Waals surface area contributed by atoms with Gasteiger partial charge >= 0.3 is 0 Å². The molecule has 1 amide bonds. The molecule has 0 radical (unpaired) electrons. The summed E-state index contributed by atoms with van der Waals surface area (Å²) in [6.07, 6.45) is 0.993. The molecule has 3 aromatic rings. The number of Topliss-reactive ketones (excluding diaryl/α,β-unsaturated/α-hetero) is 1. The maximum absolute atomic E-state index is 14.0. The number of nitrogens with zero attached hydrogens (tertiary/aromatic N) is 4. The number of para-hydroxylation sites is 2. The van der Waals surface area contributed by atoms with Gasteiger partial charge in [0, 0.05) is 61.7 Å². The van der Waals surface area contributed by atoms with E-state index in [2.05, 4.69) is 24.1 Å². The molecule has 3 aromatic carbocycles. The second-order valence-corrected chi connectivity index (χ2v) is 12.4. The van der Waals surface area contributed by atoms with E-state index >= 15 is 0 Å². The Hall–Kier alpha value is -4.86. The third-order valence-electron chi connectivity index (χ3n) is 8.78. The van der Waals surface area contributed by atoms with E-state index in [0.29, 0.717) is 50.2 Å². The average molecular weight is 596 g/mol. The fraction of sp³-hybridized carbons (Fsp3) is 0.353. The predicted molar refractivity (Wildman–Crippen MR) is 170 cm³/mol. The Morgan fingerprint density at radius 1 is 1.00 bits per heavy atom. The number of anilines is 3. The minimum absolute atomic E-state index is 0.0152. The highest BCUT2D eigenvalue weighted by Gasteiger charge is 2.42. The number of hydrogen-bond acceptors (Lipinski definition) is 8. The number of piperazine rings is 1. The van der Waals surface area contributed by atoms with Crippen molar-refractivity contribution in [1.82, 2.24) is 4.90 Å². The van der Waals surface area contributed by atoms with Gasteiger partial charge in [0.05, 0.1) is 36.0 Å². The Bertz CT molecular complexity index is 1620. The lowest BCUT2D eigenvalue weighted by Gasteiger charge is -2.40. The highest BCUT2D eigenvalue weighted by Crippen LogP contribution is 2.48. The van der Waals surface area contributed by atoms with Crippen LogP contribution in [0.25, 0.3) is 0 Å². The van der Waals surface area contributed by atoms with Gasteiger partial charge in [-0.1, -0.05) is 38.1 Å². The molecule has 0 bridgehead atoms. The summed E-state index contributed by atoms with van der Waals surface area (Å²) in [6.45, 7) is 6.65. The number of non-ortho nitro benzene ring substituents is 1. The van der Waals surface area contributed by atoms with Gasteiger partial charge in [-0.25, -0.2) is 0 Å². The topological polar surface area (TPSA) is 108 Å². The summed E-state index contributed by atoms with van der Waals surface area (Å²) in [5.41, 5.74) is 4.32. The van der Waals surface area contributed by atoms with Gasteiger partial charge < -0.3 is 24.8 Å². The summed E-state index contributed by atoms with van der Waals surface area (Å²) in [5, 5.41) is 15.3. The smallest absolute Gasteiger partial charge is 0.269 e. The van der Waals surface area contributed by atoms with Crippen molar-refractivity contribution in [1.29, 1.82) is 0 Å². The first-order valence-electron chi connectivity index (χ1n) is 14.9. The normalized spacial score (nSPS) is 19.5. The fourth-order valence-electron chi connectivity index (χ4n) is 6.64. The van der Waals surface area contributed by atoms with Crippen molar-refractivity contribution in [2.45, 2.75) is 32.7 Å². The van der Waals surface area contributed by atoms with Gasteiger partial charge in [0.1, 0.15) is 5.75 Å². The van der Waals surface area contributed by atoms with Gasteiger partial charge in [-0.2, -0.15) is 0 Å². The lowest BCUT2D eigenvalue weighted by Crippen LogP contribution is -2.52. The van der Waals surface area contributed by atoms with Crippen molar-refractivity contribution in [2.24, 2.45) is 5.41 Å². The number of ether oxygens (including phenoxy) is 1. The van der Waals surface area contributed by atoms with E-state index in [9.17, 15) is 19.7 Å². The molecule has 10 nitrogen and oxygen atoms in total. The molecule has 2 aliphatic heterocycles. The largest absolute Gasteiger partial charge is 0.497 e. The molecule has 1 saturated heterocycles. The number of nitro benzene ring substituents is 1. The van der Waals surface area contributed by atoms with E-state index in [-0.39, 0.29) is 29.3 Å². The molecule has 1 fully saturated rings. The number of fused-ring (bicyclic) bond motifs is 1. The monoisotopic (exact) mass is 595 g/mol. The Morgan fingerprint density at radius 2 is 1.73 bits per heavy atom. The second kappa shape index (κ2) is 11.7. The van der Waals surface area contributed by atoms with Crippen molar-refractivity contribution in [3.8, 4) is 5.75 Å². The predicted octanol–water partition coefficient (Wildman–Crippen LogP) is 5.57. The third-order valence-corrected chi connectivity index (χ3v) is 8.78. The van der Waals surface area contributed by atoms with E-state index in [1.165, 1.54) is 12.1 Å². The molecule has 0 saturated carbocycles. The molecule has 228 valence electrons. The number of nitro groups is 1. The molecule has 6 rings (SSSR count). The van der Waals surface area contributed by atoms with Crippen LogP contribution in [0.4, 0.5) is 22.7 Å². The van der Waals surface area contributed by atoms with Crippen LogP contribution in [0.15, 0.2) is 84.1 Å². The average Bonchev–Trinajstić information content (AvgIpc) is 3.15. The number of nitrogens with one attached hydrogen (secondary N) is 1. The van der Waals surface area contributed by atoms with Crippen LogP contribution in [-0.2, 0) is 9.59 Å². The van der Waals surface area contributed by atoms with Crippen LogP contribution in [-0.4, -0.2) is 61.3 Å². The van der Waals surface area contributed by atoms with Crippen LogP contribution in [0.3, 0.4) is 0 Å². The van der Waals surface area contributed by atoms with Gasteiger partial charge in [-0.15, -0.1) is 0 Å². The number of ketones is 1. The van der Waals surface area contributed by atoms with Gasteiger partial charge in [0.25, 0.3) is 5.69 Å². The van der Waals surface area contributed by atoms with Crippen LogP contribution in [0.1, 0.15) is 38.3 Å². The first kappa shape index (κ1) is 29.2. The Kier molecular flexibility index (Phi) is 7.75. The summed E-state index contributed by atoms with van der Waals surface area (Å²) in [6, 6.07) is 21.4. The highest BCUT2D eigenvalue weighted by molar-refractivity contribution is 6.02. The van der Waals surface area contributed by atoms with Gasteiger partial charge in [0.15, 0.2) is 5.78 Å². The number of hydrogen-bond donors (Lipinski definition) is 1. The minimum Gasteiger partial charge on any atom is -0.497 e. The quantitative estimate of drug-likeness (QED) is 0.291. The van der Waals surface area contributed by atoms with Gasteiger partial charge in [-0.05, 0) is 53.8 Å². The lowest BCUT2D eigenvalue weighted by molar-refractivity contribution is -0.384. The number of allylic oxidation sites excluding steroid dienone is 1. The van der Waals surface area contributed by atoms with E-state index in [1.54, 1.807) is 13.2 Å². The molecule has 1 aliphatic carbocycles. The fourth-order valence-corrected chi connectivity index (χ4v) is 6.64. The second-order valence-electron chi connectivity index (χ2n) is 12.4. The number of methoxy groups -OCH3 is 1. The van der Waals surface area contributed by atoms with Crippen LogP contribution in [0.2, 0.25) is 0 Å². The SMILES string of the molecule is COc1ccc(N2CCN(C(=O)CN3c4ccccc4NC4=C(C(=O)CC(C)(C)C4)C3c3cccc([N+](=O)[O-])c3)CC2)cc1. The maximum Gasteiger partial charge on any atom is 0.269 e. The van der Waals surface area contributed by atoms with Crippen molar-refractivity contribution >= 4 is 34.4 Å². The molecular weight excluding hydrogens is 558 g/mol. The van der Waals surface area contributed by atoms with E-state index in [4.69, 9.17) is 4.74 Å². The molecule has 44 heavy (non-hydrogen) atoms. The Balaban J connectivity index is 1.35. The standard InChI is InChI=1S/C34H37N5O5/c1-34(2)20-28-32(30(40)21-34)33(23-7-6-8-25(19-23)39(42)43)38(29-10-5-4-9-27(29)35-28)22-31(41)37-17-15-36(16-18-37)24-11-13-26(44-3)14-12-24/h4-14,19,33,35H,15-18,20-22H2,1-3H3. The van der Waals surface area contributed by atoms with Crippen molar-refractivity contribution in [3.63, 3.8) is 0 Å². The summed E-state index contributed by atoms with van der Waals surface area (Å²) < 4.78 is 5.28. The zero-order valence-corrected chi connectivity index (χ0v) is 25.3. The summed E-state index contributed by atoms with van der Waals surface area (Å²) in [4.78, 5) is 45.4. The molecule has 0 spiro atoms. The Morgan fingerprint density at radius 3 is 2.43 bits per heavy atom. The highest BCUT2D eigenvalue weighted by atomic mass is 16.6. The number of amides is 1. The molecule has 2 heterocycles. The van der Waals surface area contributed by atoms with Crippen LogP contribution < -0.4 is 19.9 Å². The van der Waals surface area contributed by atoms with Crippen LogP contribution >= 0.6 is 0 Å². The molecule has 3 aliphatic rings. The number of carbonyl (C=O) groups is 2. The maximum atomic E-state index is 14.0. The van der Waals surface area contributed by atoms with E-state index in [1.807, 2.05) is 64.4 Å². The molecule has 1 atom stereocenters. The molecule has 1 unspecified atom stereocenters. The summed E-state index contributed by atoms with van der Waals surface area (Å²) >= 11 is 0. The zero-order chi connectivity index (χ0) is 31.0. The van der Waals surface area contributed by atoms with E-state index in [0.717, 1.165) is 28.5 Å². The van der Waals surface area contributed by atoms with Crippen molar-refractivity contribution in [2.75, 3.05) is 55.0 Å². The van der Waals surface area contributed by atoms with Crippen molar-refractivity contribution in [3.05, 3.63) is 99.7 Å². The molecule has 0 aromatic heterocycles. The summed E-state index contributed by atoms with van der Waals surface area (Å²) in [5.74, 6) is 0.724. The zero-order valence-electron chi connectivity index (χ0n) is 25.3. The first-order valence-corrected chi connectivity index (χ1v) is 14.9. The molecule has 1 N–H and O–H groups in total. The third kappa shape index (κ3) is 5.71. The number of carbonyl (C=O) groups excluding carboxylic acids is 2. The Labute approximate surface area is 257 Å². The van der Waals surface area contributed by atoms with Crippen LogP contribution in [0.5, 0.6) is 5.75 Å². The molecular formula is C34H37N5O5. The van der Waals surface area contributed by atoms with E-state index < -0.39 is 11.0 Å². The van der Waals surface area contributed by atoms with Crippen molar-refractivity contribution < 1.29 is 19.2 Å². The van der Waals surface area contributed by atoms with Gasteiger partial charge in [-0.3, -0.25) is 19.7 Å². The van der Waals surface area contributed by atoms with Crippen LogP contribution in [0, 0.1) is 15.5 Å². The minimum atomic E-state index is -0.672. The lowest BCUT2D eigenvalue weighted by atomic mass is 9.73. The first-order chi connectivity index (χ1) is 21.1. The van der Waals surface area contributed by atoms with Gasteiger partial charge in [0.2, 0.25) is 5.91 Å². The summed E-state index contributed by atoms with van der Waals surface area (Å²) in [7, 11) is 1.64.